The van der Waals surface area contributed by atoms with E-state index in [2.05, 4.69) is 261 Å². The molecule has 312 valence electrons. The van der Waals surface area contributed by atoms with Crippen LogP contribution in [0.25, 0.3) is 109 Å². The van der Waals surface area contributed by atoms with E-state index < -0.39 is 0 Å². The molecule has 0 radical (unpaired) electrons. The molecule has 0 unspecified atom stereocenters. The summed E-state index contributed by atoms with van der Waals surface area (Å²) in [6.45, 7) is 0. The summed E-state index contributed by atoms with van der Waals surface area (Å²) in [6, 6.07) is 96.7. The first-order valence-corrected chi connectivity index (χ1v) is 23.4. The van der Waals surface area contributed by atoms with Gasteiger partial charge in [0.1, 0.15) is 0 Å². The van der Waals surface area contributed by atoms with E-state index in [0.717, 1.165) is 0 Å². The molecule has 13 rings (SSSR count). The molecule has 0 N–H and O–H groups in total. The molecule has 67 heavy (non-hydrogen) atoms. The zero-order chi connectivity index (χ0) is 44.3. The van der Waals surface area contributed by atoms with E-state index in [1.807, 2.05) is 0 Å². The van der Waals surface area contributed by atoms with Crippen molar-refractivity contribution in [3.63, 3.8) is 0 Å². The monoisotopic (exact) mass is 848 g/mol. The van der Waals surface area contributed by atoms with Crippen molar-refractivity contribution in [1.29, 1.82) is 0 Å². The van der Waals surface area contributed by atoms with Crippen molar-refractivity contribution in [3.8, 4) is 44.5 Å². The number of hydrogen-bond acceptors (Lipinski definition) is 0. The van der Waals surface area contributed by atoms with Crippen LogP contribution < -0.4 is 0 Å². The fourth-order valence-electron chi connectivity index (χ4n) is 11.3. The SMILES string of the molecule is c1ccc(-c2c3ccccc3c(-c3ccc(C(c4ccc(-c5c6ccccc6c(-c6ccccc6)c6ccccc56)cc4)c4cc5ccccc5c5ccccc45)cc3)c3ccccc23)cc1. The molecule has 0 heteroatoms. The number of hydrogen-bond donors (Lipinski definition) is 0. The van der Waals surface area contributed by atoms with Gasteiger partial charge in [0.2, 0.25) is 0 Å². The Morgan fingerprint density at radius 1 is 0.194 bits per heavy atom. The lowest BCUT2D eigenvalue weighted by molar-refractivity contribution is 0.992. The van der Waals surface area contributed by atoms with E-state index in [1.54, 1.807) is 0 Å². The second kappa shape index (κ2) is 16.1. The van der Waals surface area contributed by atoms with Crippen molar-refractivity contribution < 1.29 is 0 Å². The summed E-state index contributed by atoms with van der Waals surface area (Å²) in [5.74, 6) is -0.0273. The minimum absolute atomic E-state index is 0.0273. The van der Waals surface area contributed by atoms with Crippen LogP contribution in [0.2, 0.25) is 0 Å². The van der Waals surface area contributed by atoms with E-state index >= 15 is 0 Å². The van der Waals surface area contributed by atoms with Crippen LogP contribution in [0.5, 0.6) is 0 Å². The summed E-state index contributed by atoms with van der Waals surface area (Å²) < 4.78 is 0. The third-order valence-electron chi connectivity index (χ3n) is 14.2. The van der Waals surface area contributed by atoms with Crippen LogP contribution in [0.15, 0.2) is 261 Å². The second-order valence-electron chi connectivity index (χ2n) is 17.8. The van der Waals surface area contributed by atoms with Gasteiger partial charge in [-0.15, -0.1) is 0 Å². The van der Waals surface area contributed by atoms with Gasteiger partial charge in [0, 0.05) is 5.92 Å². The third kappa shape index (κ3) is 6.44. The Kier molecular flexibility index (Phi) is 9.36. The maximum atomic E-state index is 2.44. The first kappa shape index (κ1) is 38.8. The summed E-state index contributed by atoms with van der Waals surface area (Å²) in [6.07, 6.45) is 0. The Morgan fingerprint density at radius 3 is 0.821 bits per heavy atom. The van der Waals surface area contributed by atoms with Crippen LogP contribution in [0, 0.1) is 0 Å². The third-order valence-corrected chi connectivity index (χ3v) is 14.2. The van der Waals surface area contributed by atoms with Crippen molar-refractivity contribution in [2.75, 3.05) is 0 Å². The first-order chi connectivity index (χ1) is 33.3. The highest BCUT2D eigenvalue weighted by Gasteiger charge is 2.23. The van der Waals surface area contributed by atoms with Crippen molar-refractivity contribution >= 4 is 64.6 Å². The normalized spacial score (nSPS) is 11.7. The average molecular weight is 849 g/mol. The number of benzene rings is 13. The number of rotatable bonds is 7. The zero-order valence-electron chi connectivity index (χ0n) is 36.9. The predicted molar refractivity (Wildman–Crippen MR) is 287 cm³/mol. The minimum atomic E-state index is -0.0273. The fraction of sp³-hybridized carbons (Fsp3) is 0.0149. The lowest BCUT2D eigenvalue weighted by Crippen LogP contribution is -2.05. The minimum Gasteiger partial charge on any atom is -0.0622 e. The Bertz CT molecular complexity index is 3670. The molecule has 0 saturated heterocycles. The van der Waals surface area contributed by atoms with Crippen LogP contribution in [-0.2, 0) is 0 Å². The Balaban J connectivity index is 1.00. The van der Waals surface area contributed by atoms with Crippen LogP contribution >= 0.6 is 0 Å². The zero-order valence-corrected chi connectivity index (χ0v) is 36.9. The molecule has 0 bridgehead atoms. The van der Waals surface area contributed by atoms with Crippen LogP contribution in [0.1, 0.15) is 22.6 Å². The van der Waals surface area contributed by atoms with Crippen LogP contribution in [0.4, 0.5) is 0 Å². The van der Waals surface area contributed by atoms with E-state index in [0.29, 0.717) is 0 Å². The molecule has 0 aliphatic heterocycles. The largest absolute Gasteiger partial charge is 0.0622 e. The molecule has 0 spiro atoms. The van der Waals surface area contributed by atoms with Gasteiger partial charge in [-0.3, -0.25) is 0 Å². The highest BCUT2D eigenvalue weighted by molar-refractivity contribution is 6.23. The smallest absolute Gasteiger partial charge is 0.0346 e. The van der Waals surface area contributed by atoms with Crippen molar-refractivity contribution in [3.05, 3.63) is 278 Å². The molecular weight excluding hydrogens is 805 g/mol. The molecule has 0 aromatic heterocycles. The molecule has 0 aliphatic carbocycles. The van der Waals surface area contributed by atoms with Crippen LogP contribution in [-0.4, -0.2) is 0 Å². The van der Waals surface area contributed by atoms with Gasteiger partial charge >= 0.3 is 0 Å². The quantitative estimate of drug-likeness (QED) is 0.0851. The molecule has 0 fully saturated rings. The summed E-state index contributed by atoms with van der Waals surface area (Å²) >= 11 is 0. The number of fused-ring (bicyclic) bond motifs is 7. The highest BCUT2D eigenvalue weighted by atomic mass is 14.3. The average Bonchev–Trinajstić information content (AvgIpc) is 3.40. The Morgan fingerprint density at radius 2 is 0.463 bits per heavy atom. The van der Waals surface area contributed by atoms with Crippen molar-refractivity contribution in [1.82, 2.24) is 0 Å². The highest BCUT2D eigenvalue weighted by Crippen LogP contribution is 2.47. The van der Waals surface area contributed by atoms with Gasteiger partial charge in [-0.25, -0.2) is 0 Å². The first-order valence-electron chi connectivity index (χ1n) is 23.4. The van der Waals surface area contributed by atoms with Crippen molar-refractivity contribution in [2.24, 2.45) is 0 Å². The summed E-state index contributed by atoms with van der Waals surface area (Å²) in [7, 11) is 0. The van der Waals surface area contributed by atoms with Crippen molar-refractivity contribution in [2.45, 2.75) is 5.92 Å². The van der Waals surface area contributed by atoms with E-state index in [1.165, 1.54) is 126 Å². The van der Waals surface area contributed by atoms with E-state index in [4.69, 9.17) is 0 Å². The Labute approximate surface area is 390 Å². The molecule has 0 atom stereocenters. The standard InChI is InChI=1S/C67H44/c1-3-19-44(20-4-1)64-54-27-11-15-31-58(54)66(59-32-16-12-28-55(59)64)48-39-35-46(36-40-48)63(62-43-50-23-7-8-24-51(50)52-25-9-10-26-53(52)62)47-37-41-49(42-38-47)67-60-33-17-13-29-56(60)65(45-21-5-2-6-22-45)57-30-14-18-34-61(57)67/h1-43,63H. The molecule has 0 nitrogen and oxygen atoms in total. The van der Waals surface area contributed by atoms with Gasteiger partial charge < -0.3 is 0 Å². The molecule has 13 aromatic carbocycles. The van der Waals surface area contributed by atoms with Gasteiger partial charge in [0.05, 0.1) is 0 Å². The van der Waals surface area contributed by atoms with E-state index in [-0.39, 0.29) is 5.92 Å². The molecule has 0 heterocycles. The lowest BCUT2D eigenvalue weighted by atomic mass is 9.80. The molecular formula is C67H44. The molecule has 0 aliphatic rings. The van der Waals surface area contributed by atoms with Gasteiger partial charge in [0.25, 0.3) is 0 Å². The predicted octanol–water partition coefficient (Wildman–Crippen LogP) is 18.5. The molecule has 0 amide bonds. The van der Waals surface area contributed by atoms with Gasteiger partial charge in [0.15, 0.2) is 0 Å². The summed E-state index contributed by atoms with van der Waals surface area (Å²) in [5.41, 5.74) is 13.8. The van der Waals surface area contributed by atoms with E-state index in [9.17, 15) is 0 Å². The van der Waals surface area contributed by atoms with Gasteiger partial charge in [-0.05, 0) is 132 Å². The summed E-state index contributed by atoms with van der Waals surface area (Å²) in [4.78, 5) is 0. The topological polar surface area (TPSA) is 0 Å². The van der Waals surface area contributed by atoms with Gasteiger partial charge in [-0.1, -0.05) is 255 Å². The lowest BCUT2D eigenvalue weighted by Gasteiger charge is -2.23. The fourth-order valence-corrected chi connectivity index (χ4v) is 11.3. The van der Waals surface area contributed by atoms with Gasteiger partial charge in [-0.2, -0.15) is 0 Å². The summed E-state index contributed by atoms with van der Waals surface area (Å²) in [5, 5.41) is 15.2. The maximum Gasteiger partial charge on any atom is 0.0346 e. The molecule has 0 saturated carbocycles. The molecule has 13 aromatic rings. The second-order valence-corrected chi connectivity index (χ2v) is 17.8. The van der Waals surface area contributed by atoms with Crippen LogP contribution in [0.3, 0.4) is 0 Å². The Hall–Kier alpha value is -8.58. The maximum absolute atomic E-state index is 2.44.